The van der Waals surface area contributed by atoms with E-state index in [9.17, 15) is 24.8 Å². The van der Waals surface area contributed by atoms with Gasteiger partial charge in [0.15, 0.2) is 0 Å². The molecule has 10 heteroatoms. The van der Waals surface area contributed by atoms with Crippen LogP contribution in [0, 0.1) is 10.1 Å². The summed E-state index contributed by atoms with van der Waals surface area (Å²) in [6, 6.07) is 11.6. The van der Waals surface area contributed by atoms with Crippen molar-refractivity contribution in [3.63, 3.8) is 0 Å². The van der Waals surface area contributed by atoms with Crippen molar-refractivity contribution in [3.05, 3.63) is 68.2 Å². The minimum Gasteiger partial charge on any atom is -0.489 e. The molecule has 1 N–H and O–H groups in total. The second kappa shape index (κ2) is 9.57. The molecule has 3 rings (SSSR count). The lowest BCUT2D eigenvalue weighted by Crippen LogP contribution is -2.42. The standard InChI is InChI=1S/C20H19BrN2O7/c21-16-11-17(23(27)28)15(19(24)25)10-18(16)30-14-6-8-22(9-7-14)20(26)29-12-13-4-2-1-3-5-13/h1-5,10-11,14H,6-9,12H2,(H,24,25). The Labute approximate surface area is 180 Å². The number of amides is 1. The van der Waals surface area contributed by atoms with E-state index in [2.05, 4.69) is 15.9 Å². The topological polar surface area (TPSA) is 119 Å². The Balaban J connectivity index is 1.56. The van der Waals surface area contributed by atoms with Crippen molar-refractivity contribution in [2.75, 3.05) is 13.1 Å². The average Bonchev–Trinajstić information content (AvgIpc) is 2.74. The molecule has 0 radical (unpaired) electrons. The lowest BCUT2D eigenvalue weighted by molar-refractivity contribution is -0.385. The number of rotatable bonds is 6. The minimum atomic E-state index is -1.41. The Bertz CT molecular complexity index is 944. The first-order chi connectivity index (χ1) is 14.3. The molecule has 2 aromatic carbocycles. The number of nitrogens with zero attached hydrogens (tertiary/aromatic N) is 2. The Morgan fingerprint density at radius 1 is 1.20 bits per heavy atom. The van der Waals surface area contributed by atoms with E-state index >= 15 is 0 Å². The van der Waals surface area contributed by atoms with Crippen LogP contribution < -0.4 is 4.74 Å². The molecule has 1 amide bonds. The van der Waals surface area contributed by atoms with Crippen molar-refractivity contribution < 1.29 is 29.1 Å². The zero-order chi connectivity index (χ0) is 21.7. The van der Waals surface area contributed by atoms with Gasteiger partial charge in [0.25, 0.3) is 5.69 Å². The molecule has 0 spiro atoms. The highest BCUT2D eigenvalue weighted by molar-refractivity contribution is 9.10. The van der Waals surface area contributed by atoms with E-state index in [-0.39, 0.29) is 18.5 Å². The molecule has 30 heavy (non-hydrogen) atoms. The van der Waals surface area contributed by atoms with E-state index in [0.29, 0.717) is 30.4 Å². The van der Waals surface area contributed by atoms with E-state index < -0.39 is 28.2 Å². The number of benzene rings is 2. The highest BCUT2D eigenvalue weighted by Gasteiger charge is 2.28. The summed E-state index contributed by atoms with van der Waals surface area (Å²) < 4.78 is 11.5. The van der Waals surface area contributed by atoms with Crippen LogP contribution in [0.15, 0.2) is 46.9 Å². The van der Waals surface area contributed by atoms with Gasteiger partial charge in [-0.3, -0.25) is 10.1 Å². The number of hydrogen-bond acceptors (Lipinski definition) is 6. The highest BCUT2D eigenvalue weighted by atomic mass is 79.9. The van der Waals surface area contributed by atoms with Crippen molar-refractivity contribution >= 4 is 33.7 Å². The van der Waals surface area contributed by atoms with Crippen LogP contribution >= 0.6 is 15.9 Å². The molecule has 1 saturated heterocycles. The number of nitro benzene ring substituents is 1. The number of piperidine rings is 1. The smallest absolute Gasteiger partial charge is 0.410 e. The minimum absolute atomic E-state index is 0.198. The average molecular weight is 479 g/mol. The van der Waals surface area contributed by atoms with E-state index in [1.807, 2.05) is 30.3 Å². The molecule has 1 fully saturated rings. The molecule has 1 heterocycles. The number of aromatic carboxylic acids is 1. The monoisotopic (exact) mass is 478 g/mol. The largest absolute Gasteiger partial charge is 0.489 e. The summed E-state index contributed by atoms with van der Waals surface area (Å²) in [5.41, 5.74) is -0.0563. The van der Waals surface area contributed by atoms with Crippen LogP contribution in [0.5, 0.6) is 5.75 Å². The van der Waals surface area contributed by atoms with Gasteiger partial charge in [0.05, 0.1) is 9.40 Å². The molecule has 1 aliphatic heterocycles. The number of ether oxygens (including phenoxy) is 2. The number of carboxylic acid groups (broad SMARTS) is 1. The van der Waals surface area contributed by atoms with Crippen molar-refractivity contribution in [1.29, 1.82) is 0 Å². The first-order valence-corrected chi connectivity index (χ1v) is 9.98. The molecule has 9 nitrogen and oxygen atoms in total. The number of carbonyl (C=O) groups is 2. The van der Waals surface area contributed by atoms with Crippen LogP contribution in [0.25, 0.3) is 0 Å². The van der Waals surface area contributed by atoms with Gasteiger partial charge in [0.1, 0.15) is 24.0 Å². The number of nitro groups is 1. The van der Waals surface area contributed by atoms with Gasteiger partial charge in [0.2, 0.25) is 0 Å². The first-order valence-electron chi connectivity index (χ1n) is 9.18. The molecule has 158 valence electrons. The molecule has 0 atom stereocenters. The Morgan fingerprint density at radius 3 is 2.47 bits per heavy atom. The Hall–Kier alpha value is -3.14. The van der Waals surface area contributed by atoms with E-state index in [0.717, 1.165) is 17.7 Å². The van der Waals surface area contributed by atoms with Gasteiger partial charge in [-0.2, -0.15) is 0 Å². The lowest BCUT2D eigenvalue weighted by atomic mass is 10.1. The number of hydrogen-bond donors (Lipinski definition) is 1. The molecular weight excluding hydrogens is 460 g/mol. The maximum atomic E-state index is 12.2. The zero-order valence-corrected chi connectivity index (χ0v) is 17.4. The highest BCUT2D eigenvalue weighted by Crippen LogP contribution is 2.34. The van der Waals surface area contributed by atoms with Crippen LogP contribution in [-0.2, 0) is 11.3 Å². The summed E-state index contributed by atoms with van der Waals surface area (Å²) in [7, 11) is 0. The fourth-order valence-corrected chi connectivity index (χ4v) is 3.53. The molecule has 2 aromatic rings. The van der Waals surface area contributed by atoms with Crippen molar-refractivity contribution in [3.8, 4) is 5.75 Å². The second-order valence-corrected chi connectivity index (χ2v) is 7.56. The van der Waals surface area contributed by atoms with E-state index in [1.54, 1.807) is 4.90 Å². The molecular formula is C20H19BrN2O7. The van der Waals surface area contributed by atoms with Crippen LogP contribution in [0.2, 0.25) is 0 Å². The third kappa shape index (κ3) is 5.26. The molecule has 0 unspecified atom stereocenters. The molecule has 0 aromatic heterocycles. The van der Waals surface area contributed by atoms with E-state index in [1.165, 1.54) is 0 Å². The maximum absolute atomic E-state index is 12.2. The summed E-state index contributed by atoms with van der Waals surface area (Å²) in [5, 5.41) is 20.3. The van der Waals surface area contributed by atoms with Gasteiger partial charge in [-0.1, -0.05) is 30.3 Å². The summed E-state index contributed by atoms with van der Waals surface area (Å²) in [6.45, 7) is 1.05. The van der Waals surface area contributed by atoms with Crippen LogP contribution in [0.3, 0.4) is 0 Å². The second-order valence-electron chi connectivity index (χ2n) is 6.71. The SMILES string of the molecule is O=C(O)c1cc(OC2CCN(C(=O)OCc3ccccc3)CC2)c(Br)cc1[N+](=O)[O-]. The Morgan fingerprint density at radius 2 is 1.87 bits per heavy atom. The maximum Gasteiger partial charge on any atom is 0.410 e. The fourth-order valence-electron chi connectivity index (χ4n) is 3.10. The van der Waals surface area contributed by atoms with E-state index in [4.69, 9.17) is 9.47 Å². The van der Waals surface area contributed by atoms with Gasteiger partial charge >= 0.3 is 12.1 Å². The van der Waals surface area contributed by atoms with Crippen molar-refractivity contribution in [2.24, 2.45) is 0 Å². The molecule has 0 saturated carbocycles. The van der Waals surface area contributed by atoms with Gasteiger partial charge in [-0.05, 0) is 21.5 Å². The lowest BCUT2D eigenvalue weighted by Gasteiger charge is -2.31. The predicted molar refractivity (Wildman–Crippen MR) is 110 cm³/mol. The number of likely N-dealkylation sites (tertiary alicyclic amines) is 1. The normalized spacial score (nSPS) is 14.2. The number of carbonyl (C=O) groups excluding carboxylic acids is 1. The summed E-state index contributed by atoms with van der Waals surface area (Å²) in [6.07, 6.45) is 0.378. The zero-order valence-electron chi connectivity index (χ0n) is 15.8. The van der Waals surface area contributed by atoms with Crippen LogP contribution in [0.4, 0.5) is 10.5 Å². The van der Waals surface area contributed by atoms with Gasteiger partial charge < -0.3 is 19.5 Å². The molecule has 0 bridgehead atoms. The Kier molecular flexibility index (Phi) is 6.88. The van der Waals surface area contributed by atoms with Crippen molar-refractivity contribution in [1.82, 2.24) is 4.90 Å². The van der Waals surface area contributed by atoms with Gasteiger partial charge in [-0.25, -0.2) is 9.59 Å². The third-order valence-corrected chi connectivity index (χ3v) is 5.30. The van der Waals surface area contributed by atoms with Crippen molar-refractivity contribution in [2.45, 2.75) is 25.6 Å². The van der Waals surface area contributed by atoms with Crippen LogP contribution in [-0.4, -0.2) is 46.2 Å². The quantitative estimate of drug-likeness (QED) is 0.486. The summed E-state index contributed by atoms with van der Waals surface area (Å²) >= 11 is 3.20. The predicted octanol–water partition coefficient (Wildman–Crippen LogP) is 4.24. The van der Waals surface area contributed by atoms with Gasteiger partial charge in [-0.15, -0.1) is 0 Å². The first kappa shape index (κ1) is 21.6. The fraction of sp³-hybridized carbons (Fsp3) is 0.300. The third-order valence-electron chi connectivity index (χ3n) is 4.68. The summed E-state index contributed by atoms with van der Waals surface area (Å²) in [5.74, 6) is -1.20. The summed E-state index contributed by atoms with van der Waals surface area (Å²) in [4.78, 5) is 35.5. The van der Waals surface area contributed by atoms with Gasteiger partial charge in [0, 0.05) is 38.1 Å². The molecule has 0 aliphatic carbocycles. The van der Waals surface area contributed by atoms with Crippen LogP contribution in [0.1, 0.15) is 28.8 Å². The number of halogens is 1. The number of carboxylic acids is 1. The molecule has 1 aliphatic rings.